The zero-order chi connectivity index (χ0) is 15.7. The molecule has 3 saturated heterocycles. The summed E-state index contributed by atoms with van der Waals surface area (Å²) in [5.74, 6) is 1.27. The Morgan fingerprint density at radius 3 is 2.74 bits per heavy atom. The van der Waals surface area contributed by atoms with Gasteiger partial charge in [-0.15, -0.1) is 0 Å². The lowest BCUT2D eigenvalue weighted by atomic mass is 9.53. The van der Waals surface area contributed by atoms with Gasteiger partial charge >= 0.3 is 5.97 Å². The molecule has 6 atom stereocenters. The van der Waals surface area contributed by atoms with Crippen LogP contribution in [0, 0.1) is 23.2 Å². The molecule has 0 amide bonds. The third-order valence-corrected chi connectivity index (χ3v) is 7.73. The van der Waals surface area contributed by atoms with Crippen molar-refractivity contribution < 1.29 is 14.3 Å². The summed E-state index contributed by atoms with van der Waals surface area (Å²) < 4.78 is 11.9. The smallest absolute Gasteiger partial charge is 0.310 e. The number of ether oxygens (including phenoxy) is 2. The second-order valence-corrected chi connectivity index (χ2v) is 9.11. The Morgan fingerprint density at radius 2 is 2.00 bits per heavy atom. The van der Waals surface area contributed by atoms with Crippen LogP contribution in [0.25, 0.3) is 0 Å². The van der Waals surface area contributed by atoms with E-state index in [1.165, 1.54) is 32.1 Å². The van der Waals surface area contributed by atoms with Crippen LogP contribution in [0.2, 0.25) is 0 Å². The fraction of sp³-hybridized carbons (Fsp3) is 0.947. The SMILES string of the molecule is C[C@]12CCC[C@]3(CO3)[C@H]1C[C@H]1[C@@H](C2)OC(=O)[C@@H]1CN1CCCC1. The molecule has 5 fully saturated rings. The Bertz CT molecular complexity index is 511. The fourth-order valence-corrected chi connectivity index (χ4v) is 6.41. The molecule has 5 rings (SSSR count). The van der Waals surface area contributed by atoms with Gasteiger partial charge in [0, 0.05) is 12.5 Å². The zero-order valence-corrected chi connectivity index (χ0v) is 14.3. The van der Waals surface area contributed by atoms with Gasteiger partial charge in [0.25, 0.3) is 0 Å². The predicted molar refractivity (Wildman–Crippen MR) is 85.9 cm³/mol. The Balaban J connectivity index is 1.38. The van der Waals surface area contributed by atoms with Crippen LogP contribution < -0.4 is 0 Å². The van der Waals surface area contributed by atoms with Crippen molar-refractivity contribution in [2.45, 2.75) is 63.6 Å². The summed E-state index contributed by atoms with van der Waals surface area (Å²) in [6.45, 7) is 6.64. The van der Waals surface area contributed by atoms with Crippen molar-refractivity contribution in [3.8, 4) is 0 Å². The first-order valence-electron chi connectivity index (χ1n) is 9.67. The van der Waals surface area contributed by atoms with Crippen molar-refractivity contribution in [3.05, 3.63) is 0 Å². The Labute approximate surface area is 138 Å². The molecule has 0 radical (unpaired) electrons. The van der Waals surface area contributed by atoms with Crippen molar-refractivity contribution in [2.24, 2.45) is 23.2 Å². The number of carbonyl (C=O) groups excluding carboxylic acids is 1. The second kappa shape index (κ2) is 4.95. The molecular weight excluding hydrogens is 290 g/mol. The number of likely N-dealkylation sites (tertiary alicyclic amines) is 1. The molecule has 0 N–H and O–H groups in total. The Morgan fingerprint density at radius 1 is 1.22 bits per heavy atom. The van der Waals surface area contributed by atoms with E-state index in [1.807, 2.05) is 0 Å². The predicted octanol–water partition coefficient (Wildman–Crippen LogP) is 2.61. The summed E-state index contributed by atoms with van der Waals surface area (Å²) in [5, 5.41) is 0. The number of nitrogens with zero attached hydrogens (tertiary/aromatic N) is 1. The molecule has 2 aliphatic carbocycles. The fourth-order valence-electron chi connectivity index (χ4n) is 6.41. The minimum Gasteiger partial charge on any atom is -0.462 e. The number of hydrogen-bond donors (Lipinski definition) is 0. The van der Waals surface area contributed by atoms with Gasteiger partial charge in [-0.3, -0.25) is 4.79 Å². The van der Waals surface area contributed by atoms with Crippen molar-refractivity contribution in [1.29, 1.82) is 0 Å². The van der Waals surface area contributed by atoms with E-state index >= 15 is 0 Å². The highest BCUT2D eigenvalue weighted by Crippen LogP contribution is 2.62. The lowest BCUT2D eigenvalue weighted by Crippen LogP contribution is -2.51. The molecule has 128 valence electrons. The normalized spacial score (nSPS) is 52.3. The molecule has 4 heteroatoms. The molecule has 3 aliphatic heterocycles. The quantitative estimate of drug-likeness (QED) is 0.579. The third kappa shape index (κ3) is 2.21. The number of esters is 1. The molecule has 0 bridgehead atoms. The molecule has 3 heterocycles. The van der Waals surface area contributed by atoms with Crippen LogP contribution in [0.4, 0.5) is 0 Å². The van der Waals surface area contributed by atoms with Crippen molar-refractivity contribution in [2.75, 3.05) is 26.2 Å². The highest BCUT2D eigenvalue weighted by Gasteiger charge is 2.65. The van der Waals surface area contributed by atoms with Crippen molar-refractivity contribution in [3.63, 3.8) is 0 Å². The first kappa shape index (κ1) is 14.7. The van der Waals surface area contributed by atoms with E-state index in [4.69, 9.17) is 9.47 Å². The van der Waals surface area contributed by atoms with Gasteiger partial charge in [-0.1, -0.05) is 6.92 Å². The van der Waals surface area contributed by atoms with Gasteiger partial charge in [0.15, 0.2) is 0 Å². The maximum atomic E-state index is 12.5. The van der Waals surface area contributed by atoms with Crippen LogP contribution in [0.15, 0.2) is 0 Å². The van der Waals surface area contributed by atoms with E-state index in [0.29, 0.717) is 17.3 Å². The molecule has 0 unspecified atom stereocenters. The van der Waals surface area contributed by atoms with Crippen LogP contribution in [0.1, 0.15) is 51.9 Å². The molecular formula is C19H29NO3. The van der Waals surface area contributed by atoms with E-state index in [2.05, 4.69) is 11.8 Å². The summed E-state index contributed by atoms with van der Waals surface area (Å²) in [4.78, 5) is 15.0. The van der Waals surface area contributed by atoms with Gasteiger partial charge in [0.05, 0.1) is 18.1 Å². The maximum absolute atomic E-state index is 12.5. The molecule has 0 aromatic rings. The molecule has 0 aromatic carbocycles. The molecule has 5 aliphatic rings. The lowest BCUT2D eigenvalue weighted by Gasteiger charge is -2.51. The second-order valence-electron chi connectivity index (χ2n) is 9.11. The highest BCUT2D eigenvalue weighted by atomic mass is 16.6. The molecule has 23 heavy (non-hydrogen) atoms. The van der Waals surface area contributed by atoms with Gasteiger partial charge in [-0.2, -0.15) is 0 Å². The standard InChI is InChI=1S/C19H29NO3/c1-18-5-4-6-19(12-22-19)16(18)9-13-14(11-20-7-2-3-8-20)17(21)23-15(13)10-18/h13-16H,2-12H2,1H3/t13-,14-,15-,16+,18-,19+/m1/s1. The van der Waals surface area contributed by atoms with Crippen LogP contribution in [-0.2, 0) is 14.3 Å². The molecule has 4 nitrogen and oxygen atoms in total. The summed E-state index contributed by atoms with van der Waals surface area (Å²) in [6.07, 6.45) is 8.74. The zero-order valence-electron chi connectivity index (χ0n) is 14.3. The summed E-state index contributed by atoms with van der Waals surface area (Å²) in [6, 6.07) is 0. The van der Waals surface area contributed by atoms with Crippen LogP contribution >= 0.6 is 0 Å². The van der Waals surface area contributed by atoms with Crippen molar-refractivity contribution >= 4 is 5.97 Å². The average Bonchev–Trinajstić information content (AvgIpc) is 2.97. The van der Waals surface area contributed by atoms with Gasteiger partial charge in [-0.25, -0.2) is 0 Å². The van der Waals surface area contributed by atoms with Crippen LogP contribution in [0.5, 0.6) is 0 Å². The summed E-state index contributed by atoms with van der Waals surface area (Å²) in [7, 11) is 0. The van der Waals surface area contributed by atoms with Crippen LogP contribution in [0.3, 0.4) is 0 Å². The van der Waals surface area contributed by atoms with E-state index < -0.39 is 0 Å². The monoisotopic (exact) mass is 319 g/mol. The Kier molecular flexibility index (Phi) is 3.17. The highest BCUT2D eigenvalue weighted by molar-refractivity contribution is 5.75. The maximum Gasteiger partial charge on any atom is 0.310 e. The minimum atomic E-state index is 0.0833. The van der Waals surface area contributed by atoms with E-state index in [0.717, 1.165) is 39.1 Å². The first-order chi connectivity index (χ1) is 11.1. The topological polar surface area (TPSA) is 42.1 Å². The number of rotatable bonds is 2. The molecule has 1 spiro atoms. The summed E-state index contributed by atoms with van der Waals surface area (Å²) >= 11 is 0. The number of fused-ring (bicyclic) bond motifs is 3. The van der Waals surface area contributed by atoms with Crippen LogP contribution in [-0.4, -0.2) is 48.8 Å². The molecule has 0 aromatic heterocycles. The summed E-state index contributed by atoms with van der Waals surface area (Å²) in [5.41, 5.74) is 0.487. The van der Waals surface area contributed by atoms with E-state index in [9.17, 15) is 4.79 Å². The average molecular weight is 319 g/mol. The first-order valence-corrected chi connectivity index (χ1v) is 9.67. The minimum absolute atomic E-state index is 0.0833. The van der Waals surface area contributed by atoms with Gasteiger partial charge in [0.1, 0.15) is 6.10 Å². The number of epoxide rings is 1. The van der Waals surface area contributed by atoms with Gasteiger partial charge in [-0.05, 0) is 69.4 Å². The van der Waals surface area contributed by atoms with Crippen molar-refractivity contribution in [1.82, 2.24) is 4.90 Å². The molecule has 2 saturated carbocycles. The largest absolute Gasteiger partial charge is 0.462 e. The lowest BCUT2D eigenvalue weighted by molar-refractivity contribution is -0.147. The third-order valence-electron chi connectivity index (χ3n) is 7.73. The number of hydrogen-bond acceptors (Lipinski definition) is 4. The number of carbonyl (C=O) groups is 1. The van der Waals surface area contributed by atoms with E-state index in [-0.39, 0.29) is 23.6 Å². The Hall–Kier alpha value is -0.610. The van der Waals surface area contributed by atoms with Gasteiger partial charge in [0.2, 0.25) is 0 Å². The van der Waals surface area contributed by atoms with Gasteiger partial charge < -0.3 is 14.4 Å². The van der Waals surface area contributed by atoms with E-state index in [1.54, 1.807) is 0 Å².